The number of unbranched alkanes of at least 4 members (excludes halogenated alkanes) is 9. The fraction of sp³-hybridized carbons (Fsp3) is 1.00. The van der Waals surface area contributed by atoms with Crippen molar-refractivity contribution in [3.8, 4) is 0 Å². The zero-order valence-corrected chi connectivity index (χ0v) is 13.7. The number of hydrogen-bond donors (Lipinski definition) is 1. The van der Waals surface area contributed by atoms with E-state index in [1.165, 1.54) is 96.9 Å². The predicted molar refractivity (Wildman–Crippen MR) is 88.1 cm³/mol. The fourth-order valence-electron chi connectivity index (χ4n) is 3.96. The molecule has 1 N–H and O–H groups in total. The van der Waals surface area contributed by atoms with E-state index in [9.17, 15) is 0 Å². The fourth-order valence-corrected chi connectivity index (χ4v) is 3.96. The zero-order chi connectivity index (χ0) is 14.0. The lowest BCUT2D eigenvalue weighted by atomic mass is 10.0. The van der Waals surface area contributed by atoms with Crippen molar-refractivity contribution in [1.29, 1.82) is 0 Å². The van der Waals surface area contributed by atoms with Gasteiger partial charge in [0.25, 0.3) is 0 Å². The van der Waals surface area contributed by atoms with Gasteiger partial charge in [0.2, 0.25) is 0 Å². The minimum atomic E-state index is 0.970. The first kappa shape index (κ1) is 16.3. The molecule has 2 atom stereocenters. The Morgan fingerprint density at radius 1 is 0.750 bits per heavy atom. The first-order valence-electron chi connectivity index (χ1n) is 9.33. The van der Waals surface area contributed by atoms with Crippen molar-refractivity contribution in [2.24, 2.45) is 11.8 Å². The molecule has 2 aliphatic heterocycles. The van der Waals surface area contributed by atoms with E-state index in [0.717, 1.165) is 11.8 Å². The average Bonchev–Trinajstić information content (AvgIpc) is 3.02. The summed E-state index contributed by atoms with van der Waals surface area (Å²) in [5.74, 6) is 1.94. The third-order valence-corrected chi connectivity index (χ3v) is 5.29. The van der Waals surface area contributed by atoms with Gasteiger partial charge in [-0.1, -0.05) is 64.7 Å². The van der Waals surface area contributed by atoms with Crippen molar-refractivity contribution in [2.75, 3.05) is 32.7 Å². The second kappa shape index (κ2) is 9.78. The molecule has 118 valence electrons. The Hall–Kier alpha value is -0.0800. The molecular formula is C18H36N2. The Bertz CT molecular complexity index is 230. The van der Waals surface area contributed by atoms with E-state index in [1.54, 1.807) is 0 Å². The summed E-state index contributed by atoms with van der Waals surface area (Å²) in [6.45, 7) is 8.95. The summed E-state index contributed by atoms with van der Waals surface area (Å²) in [7, 11) is 0. The predicted octanol–water partition coefficient (Wildman–Crippen LogP) is 4.06. The van der Waals surface area contributed by atoms with Gasteiger partial charge < -0.3 is 10.2 Å². The van der Waals surface area contributed by atoms with Crippen LogP contribution in [0.15, 0.2) is 0 Å². The third kappa shape index (κ3) is 5.73. The summed E-state index contributed by atoms with van der Waals surface area (Å²) in [6.07, 6.45) is 14.5. The van der Waals surface area contributed by atoms with E-state index in [2.05, 4.69) is 17.1 Å². The summed E-state index contributed by atoms with van der Waals surface area (Å²) >= 11 is 0. The van der Waals surface area contributed by atoms with Crippen molar-refractivity contribution in [2.45, 2.75) is 71.1 Å². The highest BCUT2D eigenvalue weighted by molar-refractivity contribution is 4.90. The maximum Gasteiger partial charge on any atom is 0.00255 e. The van der Waals surface area contributed by atoms with Crippen LogP contribution in [0.5, 0.6) is 0 Å². The van der Waals surface area contributed by atoms with Gasteiger partial charge in [-0.3, -0.25) is 0 Å². The second-order valence-corrected chi connectivity index (χ2v) is 7.12. The normalized spacial score (nSPS) is 26.2. The van der Waals surface area contributed by atoms with Gasteiger partial charge in [0.1, 0.15) is 0 Å². The molecule has 0 aromatic rings. The first-order valence-corrected chi connectivity index (χ1v) is 9.33. The van der Waals surface area contributed by atoms with Crippen molar-refractivity contribution in [3.05, 3.63) is 0 Å². The molecule has 2 saturated heterocycles. The number of likely N-dealkylation sites (tertiary alicyclic amines) is 1. The highest BCUT2D eigenvalue weighted by atomic mass is 15.2. The van der Waals surface area contributed by atoms with Crippen LogP contribution in [-0.4, -0.2) is 37.6 Å². The lowest BCUT2D eigenvalue weighted by Gasteiger charge is -2.16. The maximum absolute atomic E-state index is 3.53. The van der Waals surface area contributed by atoms with E-state index in [4.69, 9.17) is 0 Å². The van der Waals surface area contributed by atoms with Crippen LogP contribution in [-0.2, 0) is 0 Å². The molecule has 0 aliphatic carbocycles. The maximum atomic E-state index is 3.53. The topological polar surface area (TPSA) is 15.3 Å². The van der Waals surface area contributed by atoms with Gasteiger partial charge in [-0.2, -0.15) is 0 Å². The molecule has 2 nitrogen and oxygen atoms in total. The van der Waals surface area contributed by atoms with Gasteiger partial charge in [-0.15, -0.1) is 0 Å². The minimum Gasteiger partial charge on any atom is -0.316 e. The molecule has 0 spiro atoms. The van der Waals surface area contributed by atoms with Crippen LogP contribution in [0.2, 0.25) is 0 Å². The first-order chi connectivity index (χ1) is 9.90. The summed E-state index contributed by atoms with van der Waals surface area (Å²) in [4.78, 5) is 2.72. The van der Waals surface area contributed by atoms with Crippen LogP contribution in [0.3, 0.4) is 0 Å². The molecule has 2 heteroatoms. The Morgan fingerprint density at radius 3 is 1.80 bits per heavy atom. The molecule has 0 bridgehead atoms. The third-order valence-electron chi connectivity index (χ3n) is 5.29. The Morgan fingerprint density at radius 2 is 1.25 bits per heavy atom. The van der Waals surface area contributed by atoms with Crippen LogP contribution < -0.4 is 5.32 Å². The molecule has 2 aliphatic rings. The molecule has 2 fully saturated rings. The van der Waals surface area contributed by atoms with Crippen LogP contribution in [0.1, 0.15) is 71.1 Å². The smallest absolute Gasteiger partial charge is 0.00255 e. The van der Waals surface area contributed by atoms with Crippen LogP contribution in [0.4, 0.5) is 0 Å². The quantitative estimate of drug-likeness (QED) is 0.574. The summed E-state index contributed by atoms with van der Waals surface area (Å²) in [6, 6.07) is 0. The highest BCUT2D eigenvalue weighted by Gasteiger charge is 2.35. The molecule has 2 heterocycles. The summed E-state index contributed by atoms with van der Waals surface area (Å²) in [5.41, 5.74) is 0. The average molecular weight is 280 g/mol. The van der Waals surface area contributed by atoms with E-state index >= 15 is 0 Å². The standard InChI is InChI=1S/C18H36N2/c1-2-3-4-5-6-7-8-9-10-11-12-20-15-17-13-19-14-18(17)16-20/h17-19H,2-16H2,1H3/t17-,18+. The lowest BCUT2D eigenvalue weighted by molar-refractivity contribution is 0.304. The van der Waals surface area contributed by atoms with E-state index < -0.39 is 0 Å². The summed E-state index contributed by atoms with van der Waals surface area (Å²) in [5, 5.41) is 3.53. The monoisotopic (exact) mass is 280 g/mol. The molecule has 2 rings (SSSR count). The van der Waals surface area contributed by atoms with Gasteiger partial charge in [-0.05, 0) is 37.9 Å². The Kier molecular flexibility index (Phi) is 7.97. The molecule has 0 saturated carbocycles. The van der Waals surface area contributed by atoms with Gasteiger partial charge in [-0.25, -0.2) is 0 Å². The largest absolute Gasteiger partial charge is 0.316 e. The molecule has 20 heavy (non-hydrogen) atoms. The number of nitrogens with one attached hydrogen (secondary N) is 1. The molecule has 0 unspecified atom stereocenters. The van der Waals surface area contributed by atoms with Crippen LogP contribution in [0.25, 0.3) is 0 Å². The molecule has 0 amide bonds. The minimum absolute atomic E-state index is 0.970. The van der Waals surface area contributed by atoms with Crippen molar-refractivity contribution >= 4 is 0 Å². The van der Waals surface area contributed by atoms with Gasteiger partial charge in [0.05, 0.1) is 0 Å². The molecule has 0 radical (unpaired) electrons. The number of rotatable bonds is 11. The summed E-state index contributed by atoms with van der Waals surface area (Å²) < 4.78 is 0. The highest BCUT2D eigenvalue weighted by Crippen LogP contribution is 2.26. The van der Waals surface area contributed by atoms with Gasteiger partial charge >= 0.3 is 0 Å². The molecular weight excluding hydrogens is 244 g/mol. The van der Waals surface area contributed by atoms with Crippen molar-refractivity contribution < 1.29 is 0 Å². The Labute approximate surface area is 126 Å². The SMILES string of the molecule is CCCCCCCCCCCCN1C[C@H]2CNC[C@H]2C1. The number of nitrogens with zero attached hydrogens (tertiary/aromatic N) is 1. The van der Waals surface area contributed by atoms with Crippen LogP contribution in [0, 0.1) is 11.8 Å². The zero-order valence-electron chi connectivity index (χ0n) is 13.7. The Balaban J connectivity index is 1.34. The van der Waals surface area contributed by atoms with Crippen molar-refractivity contribution in [1.82, 2.24) is 10.2 Å². The second-order valence-electron chi connectivity index (χ2n) is 7.12. The van der Waals surface area contributed by atoms with Gasteiger partial charge in [0.15, 0.2) is 0 Å². The number of hydrogen-bond acceptors (Lipinski definition) is 2. The van der Waals surface area contributed by atoms with E-state index in [1.807, 2.05) is 0 Å². The molecule has 0 aromatic carbocycles. The van der Waals surface area contributed by atoms with Crippen LogP contribution >= 0.6 is 0 Å². The van der Waals surface area contributed by atoms with E-state index in [0.29, 0.717) is 0 Å². The van der Waals surface area contributed by atoms with Crippen molar-refractivity contribution in [3.63, 3.8) is 0 Å². The van der Waals surface area contributed by atoms with E-state index in [-0.39, 0.29) is 0 Å². The number of fused-ring (bicyclic) bond motifs is 1. The molecule has 0 aromatic heterocycles. The van der Waals surface area contributed by atoms with Gasteiger partial charge in [0, 0.05) is 13.1 Å². The lowest BCUT2D eigenvalue weighted by Crippen LogP contribution is -2.26.